The monoisotopic (exact) mass is 421 g/mol. The summed E-state index contributed by atoms with van der Waals surface area (Å²) < 4.78 is 19.3. The quantitative estimate of drug-likeness (QED) is 0.596. The third-order valence-corrected chi connectivity index (χ3v) is 4.57. The summed E-state index contributed by atoms with van der Waals surface area (Å²) in [5, 5.41) is 9.53. The van der Waals surface area contributed by atoms with Crippen LogP contribution in [0.5, 0.6) is 0 Å². The minimum Gasteiger partial charge on any atom is -0.380 e. The highest BCUT2D eigenvalue weighted by Gasteiger charge is 2.15. The van der Waals surface area contributed by atoms with Gasteiger partial charge in [0.1, 0.15) is 5.82 Å². The molecule has 0 saturated carbocycles. The van der Waals surface area contributed by atoms with Crippen molar-refractivity contribution in [3.8, 4) is 11.4 Å². The lowest BCUT2D eigenvalue weighted by Gasteiger charge is -2.15. The van der Waals surface area contributed by atoms with E-state index in [9.17, 15) is 14.0 Å². The maximum absolute atomic E-state index is 12.5. The topological polar surface area (TPSA) is 105 Å². The van der Waals surface area contributed by atoms with Gasteiger partial charge < -0.3 is 14.6 Å². The second-order valence-corrected chi connectivity index (χ2v) is 6.87. The van der Waals surface area contributed by atoms with Crippen LogP contribution in [0.2, 0.25) is 5.02 Å². The Bertz CT molecular complexity index is 1020. The van der Waals surface area contributed by atoms with Crippen LogP contribution >= 0.6 is 11.6 Å². The van der Waals surface area contributed by atoms with E-state index in [-0.39, 0.29) is 28.1 Å². The van der Waals surface area contributed by atoms with Gasteiger partial charge in [-0.15, -0.1) is 0 Å². The van der Waals surface area contributed by atoms with Gasteiger partial charge in [-0.05, 0) is 24.3 Å². The molecule has 1 fully saturated rings. The Labute approximate surface area is 170 Å². The minimum absolute atomic E-state index is 0.174. The normalized spacial score (nSPS) is 16.6. The number of aromatic amines is 2. The smallest absolute Gasteiger partial charge is 0.340 e. The number of nitrogens with zero attached hydrogens (tertiary/aromatic N) is 2. The van der Waals surface area contributed by atoms with E-state index in [2.05, 4.69) is 20.5 Å². The molecule has 0 radical (unpaired) electrons. The fourth-order valence-electron chi connectivity index (χ4n) is 2.85. The van der Waals surface area contributed by atoms with Crippen molar-refractivity contribution in [3.05, 3.63) is 74.3 Å². The van der Waals surface area contributed by atoms with Gasteiger partial charge in [0.2, 0.25) is 0 Å². The van der Waals surface area contributed by atoms with Crippen LogP contribution in [0, 0.1) is 11.7 Å². The first-order valence-electron chi connectivity index (χ1n) is 9.07. The molecular formula is C19H21ClFN5O3. The molecule has 0 spiro atoms. The van der Waals surface area contributed by atoms with Crippen LogP contribution in [0.15, 0.2) is 52.2 Å². The average molecular weight is 422 g/mol. The molecule has 1 atom stereocenters. The largest absolute Gasteiger partial charge is 0.380 e. The van der Waals surface area contributed by atoms with E-state index in [4.69, 9.17) is 16.3 Å². The minimum atomic E-state index is -0.429. The van der Waals surface area contributed by atoms with Crippen molar-refractivity contribution in [1.82, 2.24) is 25.1 Å². The number of hydrogen-bond acceptors (Lipinski definition) is 5. The zero-order chi connectivity index (χ0) is 20.6. The molecule has 3 N–H and O–H groups in total. The van der Waals surface area contributed by atoms with E-state index in [1.54, 1.807) is 35.0 Å². The second-order valence-electron chi connectivity index (χ2n) is 6.46. The van der Waals surface area contributed by atoms with Crippen LogP contribution < -0.4 is 16.6 Å². The number of ether oxygens (including phenoxy) is 1. The van der Waals surface area contributed by atoms with Gasteiger partial charge in [-0.25, -0.2) is 14.3 Å². The van der Waals surface area contributed by atoms with Gasteiger partial charge in [-0.3, -0.25) is 9.78 Å². The fraction of sp³-hybridized carbons (Fsp3) is 0.316. The highest BCUT2D eigenvalue weighted by Crippen LogP contribution is 2.11. The van der Waals surface area contributed by atoms with Gasteiger partial charge in [0.15, 0.2) is 5.82 Å². The van der Waals surface area contributed by atoms with Gasteiger partial charge in [0.05, 0.1) is 23.8 Å². The van der Waals surface area contributed by atoms with Crippen molar-refractivity contribution in [1.29, 1.82) is 0 Å². The lowest BCUT2D eigenvalue weighted by Crippen LogP contribution is -2.31. The molecular weight excluding hydrogens is 401 g/mol. The molecule has 29 heavy (non-hydrogen) atoms. The molecule has 2 aromatic heterocycles. The summed E-state index contributed by atoms with van der Waals surface area (Å²) in [6.45, 7) is 3.53. The zero-order valence-corrected chi connectivity index (χ0v) is 16.3. The van der Waals surface area contributed by atoms with Crippen molar-refractivity contribution in [2.45, 2.75) is 6.54 Å². The molecule has 1 aliphatic rings. The Morgan fingerprint density at radius 1 is 1.24 bits per heavy atom. The van der Waals surface area contributed by atoms with Crippen LogP contribution in [0.3, 0.4) is 0 Å². The molecule has 0 bridgehead atoms. The molecule has 3 aromatic rings. The summed E-state index contributed by atoms with van der Waals surface area (Å²) >= 11 is 5.33. The van der Waals surface area contributed by atoms with Crippen LogP contribution in [0.4, 0.5) is 4.39 Å². The standard InChI is InChI=1S/C13H17N5O3.C6H4ClF/c19-12-10(11-15-13(20)17-16-11)2-1-4-18(12)7-9-6-14-3-5-21-8-9;7-5-3-1-2-4-6(5)8/h1-2,4,9,14H,3,5-8H2,(H2,15,16,17,20);1-4H. The Morgan fingerprint density at radius 2 is 2.07 bits per heavy atom. The van der Waals surface area contributed by atoms with Crippen LogP contribution in [-0.2, 0) is 11.3 Å². The number of nitrogens with one attached hydrogen (secondary N) is 3. The van der Waals surface area contributed by atoms with Crippen molar-refractivity contribution < 1.29 is 9.13 Å². The van der Waals surface area contributed by atoms with Gasteiger partial charge in [-0.2, -0.15) is 5.10 Å². The molecule has 0 amide bonds. The van der Waals surface area contributed by atoms with E-state index >= 15 is 0 Å². The highest BCUT2D eigenvalue weighted by molar-refractivity contribution is 6.30. The summed E-state index contributed by atoms with van der Waals surface area (Å²) in [5.74, 6) is 0.127. The molecule has 8 nitrogen and oxygen atoms in total. The molecule has 1 saturated heterocycles. The van der Waals surface area contributed by atoms with Gasteiger partial charge in [-0.1, -0.05) is 23.7 Å². The first-order chi connectivity index (χ1) is 14.0. The Balaban J connectivity index is 0.000000252. The van der Waals surface area contributed by atoms with Crippen molar-refractivity contribution in [3.63, 3.8) is 0 Å². The first-order valence-corrected chi connectivity index (χ1v) is 9.45. The zero-order valence-electron chi connectivity index (χ0n) is 15.5. The molecule has 3 heterocycles. The lowest BCUT2D eigenvalue weighted by atomic mass is 10.1. The van der Waals surface area contributed by atoms with Gasteiger partial charge in [0.25, 0.3) is 5.56 Å². The summed E-state index contributed by atoms with van der Waals surface area (Å²) in [6.07, 6.45) is 1.74. The molecule has 1 aliphatic heterocycles. The maximum Gasteiger partial charge on any atom is 0.340 e. The summed E-state index contributed by atoms with van der Waals surface area (Å²) in [6, 6.07) is 9.54. The number of benzene rings is 1. The summed E-state index contributed by atoms with van der Waals surface area (Å²) in [5.41, 5.74) is -0.232. The Kier molecular flexibility index (Phi) is 7.34. The predicted octanol–water partition coefficient (Wildman–Crippen LogP) is 1.64. The van der Waals surface area contributed by atoms with E-state index in [1.165, 1.54) is 12.1 Å². The van der Waals surface area contributed by atoms with Crippen molar-refractivity contribution >= 4 is 11.6 Å². The van der Waals surface area contributed by atoms with E-state index in [0.717, 1.165) is 13.1 Å². The van der Waals surface area contributed by atoms with E-state index in [0.29, 0.717) is 25.3 Å². The third kappa shape index (κ3) is 5.86. The number of pyridine rings is 1. The first kappa shape index (κ1) is 21.0. The van der Waals surface area contributed by atoms with Gasteiger partial charge >= 0.3 is 5.69 Å². The number of halogens is 2. The number of rotatable bonds is 3. The molecule has 0 aliphatic carbocycles. The molecule has 1 unspecified atom stereocenters. The molecule has 10 heteroatoms. The Morgan fingerprint density at radius 3 is 2.76 bits per heavy atom. The van der Waals surface area contributed by atoms with Crippen molar-refractivity contribution in [2.75, 3.05) is 26.3 Å². The third-order valence-electron chi connectivity index (χ3n) is 4.27. The summed E-state index contributed by atoms with van der Waals surface area (Å²) in [7, 11) is 0. The van der Waals surface area contributed by atoms with E-state index in [1.807, 2.05) is 0 Å². The number of H-pyrrole nitrogens is 2. The predicted molar refractivity (Wildman–Crippen MR) is 107 cm³/mol. The molecule has 4 rings (SSSR count). The van der Waals surface area contributed by atoms with Gasteiger partial charge in [0, 0.05) is 31.7 Å². The van der Waals surface area contributed by atoms with E-state index < -0.39 is 5.69 Å². The Hall–Kier alpha value is -2.75. The number of aromatic nitrogens is 4. The summed E-state index contributed by atoms with van der Waals surface area (Å²) in [4.78, 5) is 26.1. The van der Waals surface area contributed by atoms with Crippen LogP contribution in [0.1, 0.15) is 0 Å². The SMILES string of the molecule is Fc1ccccc1Cl.O=c1[nH]nc(-c2cccn(CC3CNCCOC3)c2=O)[nH]1. The van der Waals surface area contributed by atoms with Crippen LogP contribution in [-0.4, -0.2) is 46.1 Å². The highest BCUT2D eigenvalue weighted by atomic mass is 35.5. The second kappa shape index (κ2) is 10.1. The average Bonchev–Trinajstić information content (AvgIpc) is 2.98. The molecule has 1 aromatic carbocycles. The van der Waals surface area contributed by atoms with Crippen LogP contribution in [0.25, 0.3) is 11.4 Å². The molecule has 154 valence electrons. The maximum atomic E-state index is 12.5. The number of hydrogen-bond donors (Lipinski definition) is 3. The fourth-order valence-corrected chi connectivity index (χ4v) is 2.99. The van der Waals surface area contributed by atoms with Crippen molar-refractivity contribution in [2.24, 2.45) is 5.92 Å². The lowest BCUT2D eigenvalue weighted by molar-refractivity contribution is 0.117.